The minimum absolute atomic E-state index is 0.104. The summed E-state index contributed by atoms with van der Waals surface area (Å²) in [5, 5.41) is 5.95. The SMILES string of the molecule is CNC(=O)c1cc2c(-c3ccccc3C(F)F)nc(NC)nc2s1. The maximum absolute atomic E-state index is 13.4. The average molecular weight is 348 g/mol. The molecule has 3 aromatic rings. The van der Waals surface area contributed by atoms with Crippen LogP contribution in [0.5, 0.6) is 0 Å². The van der Waals surface area contributed by atoms with E-state index >= 15 is 0 Å². The minimum Gasteiger partial charge on any atom is -0.357 e. The van der Waals surface area contributed by atoms with Gasteiger partial charge in [0, 0.05) is 30.6 Å². The van der Waals surface area contributed by atoms with Crippen LogP contribution in [-0.2, 0) is 0 Å². The molecule has 0 saturated heterocycles. The van der Waals surface area contributed by atoms with Gasteiger partial charge in [0.05, 0.1) is 10.6 Å². The van der Waals surface area contributed by atoms with Gasteiger partial charge in [0.1, 0.15) is 4.83 Å². The molecule has 2 heterocycles. The standard InChI is InChI=1S/C16H14F2N4OS/c1-19-14(23)11-7-10-12(21-16(20-2)22-15(10)24-11)8-5-3-4-6-9(8)13(17)18/h3-7,13H,1-2H3,(H,19,23)(H,20,21,22). The fourth-order valence-electron chi connectivity index (χ4n) is 2.38. The van der Waals surface area contributed by atoms with Crippen LogP contribution in [0.2, 0.25) is 0 Å². The predicted molar refractivity (Wildman–Crippen MR) is 90.7 cm³/mol. The Morgan fingerprint density at radius 2 is 1.96 bits per heavy atom. The molecule has 8 heteroatoms. The molecule has 1 aromatic carbocycles. The number of carbonyl (C=O) groups excluding carboxylic acids is 1. The number of carbonyl (C=O) groups is 1. The van der Waals surface area contributed by atoms with Crippen molar-refractivity contribution in [2.45, 2.75) is 6.43 Å². The molecule has 0 aliphatic heterocycles. The molecule has 0 fully saturated rings. The van der Waals surface area contributed by atoms with E-state index in [4.69, 9.17) is 0 Å². The van der Waals surface area contributed by atoms with Crippen LogP contribution in [-0.4, -0.2) is 30.0 Å². The molecule has 0 bridgehead atoms. The van der Waals surface area contributed by atoms with E-state index in [0.717, 1.165) is 0 Å². The molecule has 5 nitrogen and oxygen atoms in total. The van der Waals surface area contributed by atoms with Crippen LogP contribution in [0.3, 0.4) is 0 Å². The molecule has 3 rings (SSSR count). The molecule has 0 aliphatic carbocycles. The van der Waals surface area contributed by atoms with Crippen molar-refractivity contribution in [1.29, 1.82) is 0 Å². The van der Waals surface area contributed by atoms with E-state index in [1.165, 1.54) is 24.5 Å². The number of alkyl halides is 2. The highest BCUT2D eigenvalue weighted by atomic mass is 32.1. The van der Waals surface area contributed by atoms with Crippen molar-refractivity contribution >= 4 is 33.4 Å². The lowest BCUT2D eigenvalue weighted by Crippen LogP contribution is -2.15. The molecule has 124 valence electrons. The highest BCUT2D eigenvalue weighted by Gasteiger charge is 2.20. The Hall–Kier alpha value is -2.61. The second-order valence-electron chi connectivity index (χ2n) is 4.94. The lowest BCUT2D eigenvalue weighted by atomic mass is 10.0. The number of fused-ring (bicyclic) bond motifs is 1. The van der Waals surface area contributed by atoms with Gasteiger partial charge in [0.25, 0.3) is 12.3 Å². The summed E-state index contributed by atoms with van der Waals surface area (Å²) < 4.78 is 26.7. The third-order valence-corrected chi connectivity index (χ3v) is 4.55. The van der Waals surface area contributed by atoms with Gasteiger partial charge in [-0.3, -0.25) is 4.79 Å². The van der Waals surface area contributed by atoms with E-state index in [1.54, 1.807) is 31.3 Å². The molecule has 0 unspecified atom stereocenters. The summed E-state index contributed by atoms with van der Waals surface area (Å²) in [5.41, 5.74) is 0.608. The highest BCUT2D eigenvalue weighted by Crippen LogP contribution is 2.37. The first kappa shape index (κ1) is 16.3. The Labute approximate surface area is 140 Å². The molecule has 0 aliphatic rings. The van der Waals surface area contributed by atoms with E-state index < -0.39 is 6.43 Å². The molecule has 1 amide bonds. The molecule has 2 aromatic heterocycles. The predicted octanol–water partition coefficient (Wildman–Crippen LogP) is 3.70. The van der Waals surface area contributed by atoms with Crippen molar-refractivity contribution in [2.75, 3.05) is 19.4 Å². The number of benzene rings is 1. The number of rotatable bonds is 4. The molecule has 24 heavy (non-hydrogen) atoms. The number of nitrogens with zero attached hydrogens (tertiary/aromatic N) is 2. The van der Waals surface area contributed by atoms with Gasteiger partial charge in [-0.15, -0.1) is 11.3 Å². The molecular weight excluding hydrogens is 334 g/mol. The third-order valence-electron chi connectivity index (χ3n) is 3.52. The first-order valence-electron chi connectivity index (χ1n) is 7.14. The van der Waals surface area contributed by atoms with Gasteiger partial charge in [-0.1, -0.05) is 24.3 Å². The molecule has 0 saturated carbocycles. The van der Waals surface area contributed by atoms with Crippen molar-refractivity contribution in [1.82, 2.24) is 15.3 Å². The smallest absolute Gasteiger partial charge is 0.264 e. The summed E-state index contributed by atoms with van der Waals surface area (Å²) >= 11 is 1.19. The number of halogens is 2. The molecule has 0 radical (unpaired) electrons. The van der Waals surface area contributed by atoms with Crippen LogP contribution in [0.4, 0.5) is 14.7 Å². The van der Waals surface area contributed by atoms with E-state index in [0.29, 0.717) is 32.3 Å². The number of aromatic nitrogens is 2. The average Bonchev–Trinajstić information content (AvgIpc) is 3.04. The van der Waals surface area contributed by atoms with E-state index in [-0.39, 0.29) is 11.5 Å². The summed E-state index contributed by atoms with van der Waals surface area (Å²) in [6, 6.07) is 7.85. The second kappa shape index (κ2) is 6.48. The van der Waals surface area contributed by atoms with E-state index in [2.05, 4.69) is 20.6 Å². The zero-order valence-electron chi connectivity index (χ0n) is 12.9. The van der Waals surface area contributed by atoms with Crippen molar-refractivity contribution < 1.29 is 13.6 Å². The van der Waals surface area contributed by atoms with Crippen molar-refractivity contribution in [3.63, 3.8) is 0 Å². The Morgan fingerprint density at radius 3 is 2.62 bits per heavy atom. The zero-order chi connectivity index (χ0) is 17.3. The van der Waals surface area contributed by atoms with Gasteiger partial charge in [-0.2, -0.15) is 0 Å². The molecular formula is C16H14F2N4OS. The van der Waals surface area contributed by atoms with Gasteiger partial charge in [0.2, 0.25) is 5.95 Å². The van der Waals surface area contributed by atoms with Gasteiger partial charge in [-0.25, -0.2) is 18.7 Å². The lowest BCUT2D eigenvalue weighted by molar-refractivity contribution is 0.0967. The maximum atomic E-state index is 13.4. The molecule has 0 spiro atoms. The summed E-state index contributed by atoms with van der Waals surface area (Å²) in [7, 11) is 3.18. The van der Waals surface area contributed by atoms with Crippen LogP contribution in [0.15, 0.2) is 30.3 Å². The first-order chi connectivity index (χ1) is 11.5. The second-order valence-corrected chi connectivity index (χ2v) is 5.97. The van der Waals surface area contributed by atoms with Crippen molar-refractivity contribution in [3.05, 3.63) is 40.8 Å². The summed E-state index contributed by atoms with van der Waals surface area (Å²) in [6.07, 6.45) is -2.62. The quantitative estimate of drug-likeness (QED) is 0.754. The van der Waals surface area contributed by atoms with Crippen LogP contribution < -0.4 is 10.6 Å². The number of amides is 1. The third kappa shape index (κ3) is 2.80. The number of thiophene rings is 1. The largest absolute Gasteiger partial charge is 0.357 e. The Balaban J connectivity index is 2.30. The number of anilines is 1. The fraction of sp³-hybridized carbons (Fsp3) is 0.188. The van der Waals surface area contributed by atoms with Crippen molar-refractivity contribution in [2.24, 2.45) is 0 Å². The normalized spacial score (nSPS) is 11.0. The summed E-state index contributed by atoms with van der Waals surface area (Å²) in [6.45, 7) is 0. The first-order valence-corrected chi connectivity index (χ1v) is 7.95. The van der Waals surface area contributed by atoms with E-state index in [1.807, 2.05) is 0 Å². The Morgan fingerprint density at radius 1 is 1.21 bits per heavy atom. The Kier molecular flexibility index (Phi) is 4.39. The number of nitrogens with one attached hydrogen (secondary N) is 2. The summed E-state index contributed by atoms with van der Waals surface area (Å²) in [4.78, 5) is 21.6. The van der Waals surface area contributed by atoms with Crippen LogP contribution in [0.1, 0.15) is 21.7 Å². The minimum atomic E-state index is -2.62. The van der Waals surface area contributed by atoms with Gasteiger partial charge >= 0.3 is 0 Å². The lowest BCUT2D eigenvalue weighted by Gasteiger charge is -2.10. The van der Waals surface area contributed by atoms with Gasteiger partial charge < -0.3 is 10.6 Å². The van der Waals surface area contributed by atoms with E-state index in [9.17, 15) is 13.6 Å². The number of hydrogen-bond acceptors (Lipinski definition) is 5. The topological polar surface area (TPSA) is 66.9 Å². The highest BCUT2D eigenvalue weighted by molar-refractivity contribution is 7.20. The molecule has 0 atom stereocenters. The van der Waals surface area contributed by atoms with Gasteiger partial charge in [-0.05, 0) is 6.07 Å². The maximum Gasteiger partial charge on any atom is 0.264 e. The van der Waals surface area contributed by atoms with Crippen molar-refractivity contribution in [3.8, 4) is 11.3 Å². The monoisotopic (exact) mass is 348 g/mol. The van der Waals surface area contributed by atoms with Crippen LogP contribution in [0.25, 0.3) is 21.5 Å². The Bertz CT molecular complexity index is 910. The zero-order valence-corrected chi connectivity index (χ0v) is 13.7. The van der Waals surface area contributed by atoms with Gasteiger partial charge in [0.15, 0.2) is 0 Å². The fourth-order valence-corrected chi connectivity index (χ4v) is 3.35. The van der Waals surface area contributed by atoms with Crippen LogP contribution in [0, 0.1) is 0 Å². The van der Waals surface area contributed by atoms with Crippen LogP contribution >= 0.6 is 11.3 Å². The summed E-state index contributed by atoms with van der Waals surface area (Å²) in [5.74, 6) is 0.0592. The molecule has 2 N–H and O–H groups in total. The number of hydrogen-bond donors (Lipinski definition) is 2.